The van der Waals surface area contributed by atoms with Gasteiger partial charge in [-0.25, -0.2) is 4.98 Å². The van der Waals surface area contributed by atoms with Crippen LogP contribution in [0.15, 0.2) is 17.2 Å². The van der Waals surface area contributed by atoms with Crippen molar-refractivity contribution in [3.63, 3.8) is 0 Å². The van der Waals surface area contributed by atoms with E-state index in [0.29, 0.717) is 30.6 Å². The molecule has 24 heavy (non-hydrogen) atoms. The Balaban J connectivity index is 2.08. The van der Waals surface area contributed by atoms with E-state index < -0.39 is 0 Å². The number of aromatic amines is 1. The smallest absolute Gasteiger partial charge is 0.266 e. The Labute approximate surface area is 140 Å². The minimum Gasteiger partial charge on any atom is -0.338 e. The second-order valence-corrected chi connectivity index (χ2v) is 5.87. The molecule has 0 radical (unpaired) electrons. The lowest BCUT2D eigenvalue weighted by Gasteiger charge is -2.18. The molecule has 0 fully saturated rings. The second kappa shape index (κ2) is 7.13. The summed E-state index contributed by atoms with van der Waals surface area (Å²) < 4.78 is 1.87. The van der Waals surface area contributed by atoms with Crippen LogP contribution in [0, 0.1) is 25.2 Å². The Bertz CT molecular complexity index is 857. The van der Waals surface area contributed by atoms with Crippen LogP contribution in [-0.4, -0.2) is 32.4 Å². The topological polar surface area (TPSA) is 94.8 Å². The quantitative estimate of drug-likeness (QED) is 0.892. The van der Waals surface area contributed by atoms with Crippen molar-refractivity contribution in [2.24, 2.45) is 7.05 Å². The molecule has 7 nitrogen and oxygen atoms in total. The second-order valence-electron chi connectivity index (χ2n) is 5.87. The van der Waals surface area contributed by atoms with Crippen molar-refractivity contribution in [2.45, 2.75) is 33.2 Å². The maximum absolute atomic E-state index is 12.3. The van der Waals surface area contributed by atoms with Crippen LogP contribution in [0.1, 0.15) is 34.6 Å². The molecule has 0 aliphatic heterocycles. The predicted molar refractivity (Wildman–Crippen MR) is 89.3 cm³/mol. The number of rotatable bonds is 5. The van der Waals surface area contributed by atoms with Crippen molar-refractivity contribution in [2.75, 3.05) is 7.05 Å². The summed E-state index contributed by atoms with van der Waals surface area (Å²) in [7, 11) is 3.63. The Morgan fingerprint density at radius 1 is 1.46 bits per heavy atom. The molecule has 0 aliphatic rings. The number of amides is 1. The first-order valence-corrected chi connectivity index (χ1v) is 7.67. The normalized spacial score (nSPS) is 10.5. The Morgan fingerprint density at radius 2 is 2.17 bits per heavy atom. The first kappa shape index (κ1) is 17.5. The number of nitrogens with zero attached hydrogens (tertiary/aromatic N) is 4. The van der Waals surface area contributed by atoms with Crippen molar-refractivity contribution in [1.29, 1.82) is 5.26 Å². The zero-order valence-electron chi connectivity index (χ0n) is 14.4. The average molecular weight is 327 g/mol. The van der Waals surface area contributed by atoms with Crippen LogP contribution in [0.5, 0.6) is 0 Å². The van der Waals surface area contributed by atoms with Crippen LogP contribution >= 0.6 is 0 Å². The lowest BCUT2D eigenvalue weighted by atomic mass is 9.99. The van der Waals surface area contributed by atoms with E-state index in [1.54, 1.807) is 32.0 Å². The van der Waals surface area contributed by atoms with Crippen LogP contribution in [0.3, 0.4) is 0 Å². The number of imidazole rings is 1. The zero-order valence-corrected chi connectivity index (χ0v) is 14.4. The SMILES string of the molecule is Cc1[nH]c(=O)c(C#N)c(C)c1CCC(=O)N(C)Cc1nccn1C. The summed E-state index contributed by atoms with van der Waals surface area (Å²) in [4.78, 5) is 32.6. The molecule has 2 heterocycles. The molecule has 0 aromatic carbocycles. The van der Waals surface area contributed by atoms with Gasteiger partial charge in [-0.1, -0.05) is 0 Å². The summed E-state index contributed by atoms with van der Waals surface area (Å²) >= 11 is 0. The highest BCUT2D eigenvalue weighted by atomic mass is 16.2. The summed E-state index contributed by atoms with van der Waals surface area (Å²) in [5.74, 6) is 0.801. The highest BCUT2D eigenvalue weighted by Gasteiger charge is 2.16. The van der Waals surface area contributed by atoms with E-state index in [0.717, 1.165) is 11.4 Å². The van der Waals surface area contributed by atoms with E-state index in [1.165, 1.54) is 0 Å². The Hall–Kier alpha value is -2.88. The molecule has 0 spiro atoms. The summed E-state index contributed by atoms with van der Waals surface area (Å²) in [6.07, 6.45) is 4.32. The molecule has 2 aromatic rings. The van der Waals surface area contributed by atoms with Crippen molar-refractivity contribution in [3.05, 3.63) is 51.0 Å². The zero-order chi connectivity index (χ0) is 17.9. The molecule has 0 aliphatic carbocycles. The molecule has 2 rings (SSSR count). The van der Waals surface area contributed by atoms with Gasteiger partial charge in [0.25, 0.3) is 5.56 Å². The first-order chi connectivity index (χ1) is 11.3. The van der Waals surface area contributed by atoms with Gasteiger partial charge in [-0.3, -0.25) is 9.59 Å². The van der Waals surface area contributed by atoms with Gasteiger partial charge in [0.15, 0.2) is 0 Å². The molecule has 0 saturated heterocycles. The third-order valence-corrected chi connectivity index (χ3v) is 4.23. The maximum Gasteiger partial charge on any atom is 0.266 e. The average Bonchev–Trinajstić information content (AvgIpc) is 2.92. The Kier molecular flexibility index (Phi) is 5.19. The van der Waals surface area contributed by atoms with Gasteiger partial charge < -0.3 is 14.5 Å². The van der Waals surface area contributed by atoms with E-state index in [4.69, 9.17) is 5.26 Å². The first-order valence-electron chi connectivity index (χ1n) is 7.67. The minimum atomic E-state index is -0.380. The Morgan fingerprint density at radius 3 is 2.75 bits per heavy atom. The molecular formula is C17H21N5O2. The molecule has 0 bridgehead atoms. The van der Waals surface area contributed by atoms with E-state index in [-0.39, 0.29) is 17.0 Å². The highest BCUT2D eigenvalue weighted by Crippen LogP contribution is 2.15. The highest BCUT2D eigenvalue weighted by molar-refractivity contribution is 5.76. The monoisotopic (exact) mass is 327 g/mol. The van der Waals surface area contributed by atoms with Gasteiger partial charge in [-0.15, -0.1) is 0 Å². The van der Waals surface area contributed by atoms with Gasteiger partial charge in [0.2, 0.25) is 5.91 Å². The molecule has 7 heteroatoms. The van der Waals surface area contributed by atoms with E-state index in [1.807, 2.05) is 23.9 Å². The predicted octanol–water partition coefficient (Wildman–Crippen LogP) is 1.19. The molecule has 0 atom stereocenters. The van der Waals surface area contributed by atoms with E-state index in [9.17, 15) is 9.59 Å². The number of aromatic nitrogens is 3. The van der Waals surface area contributed by atoms with Gasteiger partial charge >= 0.3 is 0 Å². The van der Waals surface area contributed by atoms with Gasteiger partial charge in [-0.2, -0.15) is 5.26 Å². The number of H-pyrrole nitrogens is 1. The molecule has 126 valence electrons. The number of hydrogen-bond acceptors (Lipinski definition) is 4. The summed E-state index contributed by atoms with van der Waals surface area (Å²) in [5.41, 5.74) is 1.94. The van der Waals surface area contributed by atoms with Crippen molar-refractivity contribution >= 4 is 5.91 Å². The number of carbonyl (C=O) groups is 1. The lowest BCUT2D eigenvalue weighted by molar-refractivity contribution is -0.130. The molecule has 1 amide bonds. The fourth-order valence-corrected chi connectivity index (χ4v) is 2.69. The third kappa shape index (κ3) is 3.54. The van der Waals surface area contributed by atoms with Crippen LogP contribution in [0.4, 0.5) is 0 Å². The number of nitriles is 1. The van der Waals surface area contributed by atoms with E-state index >= 15 is 0 Å². The molecule has 0 unspecified atom stereocenters. The van der Waals surface area contributed by atoms with Crippen molar-refractivity contribution in [3.8, 4) is 6.07 Å². The number of nitrogens with one attached hydrogen (secondary N) is 1. The third-order valence-electron chi connectivity index (χ3n) is 4.23. The van der Waals surface area contributed by atoms with Crippen LogP contribution in [0.25, 0.3) is 0 Å². The molecule has 1 N–H and O–H groups in total. The van der Waals surface area contributed by atoms with Gasteiger partial charge in [0.1, 0.15) is 17.5 Å². The van der Waals surface area contributed by atoms with Crippen LogP contribution in [0.2, 0.25) is 0 Å². The van der Waals surface area contributed by atoms with Crippen LogP contribution in [-0.2, 0) is 24.8 Å². The summed E-state index contributed by atoms with van der Waals surface area (Å²) in [5, 5.41) is 9.10. The van der Waals surface area contributed by atoms with Crippen LogP contribution < -0.4 is 5.56 Å². The number of hydrogen-bond donors (Lipinski definition) is 1. The molecule has 0 saturated carbocycles. The molecular weight excluding hydrogens is 306 g/mol. The number of pyridine rings is 1. The van der Waals surface area contributed by atoms with Gasteiger partial charge in [0.05, 0.1) is 6.54 Å². The standard InChI is InChI=1S/C17H21N5O2/c1-11-13(12(2)20-17(24)14(11)9-18)5-6-16(23)22(4)10-15-19-7-8-21(15)3/h7-8H,5-6,10H2,1-4H3,(H,20,24). The summed E-state index contributed by atoms with van der Waals surface area (Å²) in [6, 6.07) is 1.93. The minimum absolute atomic E-state index is 0.0125. The largest absolute Gasteiger partial charge is 0.338 e. The van der Waals surface area contributed by atoms with Crippen molar-refractivity contribution in [1.82, 2.24) is 19.4 Å². The number of aryl methyl sites for hydroxylation is 2. The summed E-state index contributed by atoms with van der Waals surface area (Å²) in [6.45, 7) is 3.97. The van der Waals surface area contributed by atoms with E-state index in [2.05, 4.69) is 9.97 Å². The maximum atomic E-state index is 12.3. The van der Waals surface area contributed by atoms with Gasteiger partial charge in [0, 0.05) is 38.6 Å². The number of carbonyl (C=O) groups excluding carboxylic acids is 1. The lowest BCUT2D eigenvalue weighted by Crippen LogP contribution is -2.28. The molecule has 2 aromatic heterocycles. The van der Waals surface area contributed by atoms with Crippen molar-refractivity contribution < 1.29 is 4.79 Å². The fraction of sp³-hybridized carbons (Fsp3) is 0.412. The fourth-order valence-electron chi connectivity index (χ4n) is 2.69. The van der Waals surface area contributed by atoms with Gasteiger partial charge in [-0.05, 0) is 31.4 Å².